The summed E-state index contributed by atoms with van der Waals surface area (Å²) in [6, 6.07) is 8.40. The molecular formula is C13H21NO. The zero-order valence-corrected chi connectivity index (χ0v) is 9.83. The number of aliphatic hydroxyl groups is 1. The first-order chi connectivity index (χ1) is 7.11. The molecule has 0 saturated carbocycles. The van der Waals surface area contributed by atoms with Crippen LogP contribution in [0.25, 0.3) is 0 Å². The summed E-state index contributed by atoms with van der Waals surface area (Å²) in [6.07, 6.45) is 0.991. The van der Waals surface area contributed by atoms with Crippen molar-refractivity contribution in [3.05, 3.63) is 29.8 Å². The Labute approximate surface area is 92.3 Å². The van der Waals surface area contributed by atoms with Gasteiger partial charge in [-0.25, -0.2) is 0 Å². The quantitative estimate of drug-likeness (QED) is 0.778. The van der Waals surface area contributed by atoms with Crippen LogP contribution in [0.4, 0.5) is 5.69 Å². The highest BCUT2D eigenvalue weighted by molar-refractivity contribution is 5.46. The van der Waals surface area contributed by atoms with Gasteiger partial charge >= 0.3 is 0 Å². The molecule has 0 heterocycles. The maximum atomic E-state index is 9.24. The molecule has 1 rings (SSSR count). The number of aryl methyl sites for hydroxylation is 1. The van der Waals surface area contributed by atoms with E-state index in [2.05, 4.69) is 38.2 Å². The molecular weight excluding hydrogens is 186 g/mol. The normalized spacial score (nSPS) is 12.9. The van der Waals surface area contributed by atoms with Gasteiger partial charge in [0.2, 0.25) is 0 Å². The van der Waals surface area contributed by atoms with Crippen molar-refractivity contribution in [2.24, 2.45) is 5.92 Å². The van der Waals surface area contributed by atoms with E-state index < -0.39 is 0 Å². The van der Waals surface area contributed by atoms with Gasteiger partial charge in [-0.15, -0.1) is 0 Å². The zero-order chi connectivity index (χ0) is 11.3. The lowest BCUT2D eigenvalue weighted by atomic mass is 10.0. The van der Waals surface area contributed by atoms with Gasteiger partial charge in [-0.2, -0.15) is 0 Å². The van der Waals surface area contributed by atoms with Gasteiger partial charge in [-0.1, -0.05) is 26.0 Å². The van der Waals surface area contributed by atoms with Crippen molar-refractivity contribution >= 4 is 5.69 Å². The van der Waals surface area contributed by atoms with Crippen LogP contribution in [0.5, 0.6) is 0 Å². The number of anilines is 1. The van der Waals surface area contributed by atoms with Crippen molar-refractivity contribution in [3.8, 4) is 0 Å². The third-order valence-corrected chi connectivity index (χ3v) is 2.37. The van der Waals surface area contributed by atoms with Crippen LogP contribution in [-0.2, 0) is 0 Å². The van der Waals surface area contributed by atoms with Crippen LogP contribution in [0.2, 0.25) is 0 Å². The summed E-state index contributed by atoms with van der Waals surface area (Å²) in [4.78, 5) is 0. The van der Waals surface area contributed by atoms with Gasteiger partial charge in [0, 0.05) is 11.7 Å². The van der Waals surface area contributed by atoms with Gasteiger partial charge in [0.25, 0.3) is 0 Å². The van der Waals surface area contributed by atoms with E-state index in [1.165, 1.54) is 5.56 Å². The summed E-state index contributed by atoms with van der Waals surface area (Å²) < 4.78 is 0. The van der Waals surface area contributed by atoms with Gasteiger partial charge in [0.15, 0.2) is 0 Å². The fourth-order valence-electron chi connectivity index (χ4n) is 1.72. The Bertz CT molecular complexity index is 296. The first kappa shape index (κ1) is 12.1. The molecule has 0 aliphatic heterocycles. The molecule has 0 aliphatic rings. The number of hydrogen-bond donors (Lipinski definition) is 2. The molecule has 1 aromatic rings. The average molecular weight is 207 g/mol. The van der Waals surface area contributed by atoms with Gasteiger partial charge in [-0.05, 0) is 37.0 Å². The second-order valence-corrected chi connectivity index (χ2v) is 4.52. The largest absolute Gasteiger partial charge is 0.394 e. The molecule has 1 atom stereocenters. The van der Waals surface area contributed by atoms with Crippen LogP contribution < -0.4 is 5.32 Å². The summed E-state index contributed by atoms with van der Waals surface area (Å²) in [5.41, 5.74) is 2.33. The van der Waals surface area contributed by atoms with Crippen molar-refractivity contribution in [2.75, 3.05) is 11.9 Å². The number of rotatable bonds is 5. The van der Waals surface area contributed by atoms with Gasteiger partial charge in [0.1, 0.15) is 0 Å². The lowest BCUT2D eigenvalue weighted by molar-refractivity contribution is 0.259. The summed E-state index contributed by atoms with van der Waals surface area (Å²) in [6.45, 7) is 6.59. The van der Waals surface area contributed by atoms with E-state index in [1.54, 1.807) is 0 Å². The zero-order valence-electron chi connectivity index (χ0n) is 9.83. The molecule has 0 saturated heterocycles. The van der Waals surface area contributed by atoms with E-state index in [1.807, 2.05) is 12.1 Å². The van der Waals surface area contributed by atoms with Crippen LogP contribution in [0.3, 0.4) is 0 Å². The van der Waals surface area contributed by atoms with E-state index >= 15 is 0 Å². The Morgan fingerprint density at radius 2 is 2.07 bits per heavy atom. The van der Waals surface area contributed by atoms with Crippen molar-refractivity contribution in [2.45, 2.75) is 33.2 Å². The Hall–Kier alpha value is -1.02. The van der Waals surface area contributed by atoms with Crippen LogP contribution in [0.15, 0.2) is 24.3 Å². The van der Waals surface area contributed by atoms with E-state index in [9.17, 15) is 5.11 Å². The van der Waals surface area contributed by atoms with Crippen molar-refractivity contribution in [1.29, 1.82) is 0 Å². The summed E-state index contributed by atoms with van der Waals surface area (Å²) in [5, 5.41) is 12.6. The van der Waals surface area contributed by atoms with Crippen molar-refractivity contribution in [3.63, 3.8) is 0 Å². The number of aliphatic hydroxyl groups excluding tert-OH is 1. The second kappa shape index (κ2) is 5.76. The van der Waals surface area contributed by atoms with E-state index in [0.29, 0.717) is 5.92 Å². The maximum absolute atomic E-state index is 9.24. The van der Waals surface area contributed by atoms with Crippen LogP contribution in [0.1, 0.15) is 25.8 Å². The molecule has 0 amide bonds. The predicted molar refractivity (Wildman–Crippen MR) is 65.1 cm³/mol. The minimum atomic E-state index is 0.159. The number of hydrogen-bond acceptors (Lipinski definition) is 2. The highest BCUT2D eigenvalue weighted by atomic mass is 16.3. The third-order valence-electron chi connectivity index (χ3n) is 2.37. The Balaban J connectivity index is 2.58. The fourth-order valence-corrected chi connectivity index (χ4v) is 1.72. The van der Waals surface area contributed by atoms with Gasteiger partial charge in [0.05, 0.1) is 6.61 Å². The molecule has 0 aliphatic carbocycles. The minimum absolute atomic E-state index is 0.159. The van der Waals surface area contributed by atoms with E-state index in [4.69, 9.17) is 0 Å². The molecule has 0 aromatic heterocycles. The first-order valence-electron chi connectivity index (χ1n) is 5.56. The van der Waals surface area contributed by atoms with Crippen LogP contribution >= 0.6 is 0 Å². The predicted octanol–water partition coefficient (Wildman–Crippen LogP) is 2.81. The Kier molecular flexibility index (Phi) is 4.63. The molecule has 1 unspecified atom stereocenters. The molecule has 0 radical (unpaired) electrons. The average Bonchev–Trinajstić information content (AvgIpc) is 2.16. The third kappa shape index (κ3) is 4.34. The smallest absolute Gasteiger partial charge is 0.0632 e. The molecule has 2 heteroatoms. The Morgan fingerprint density at radius 1 is 1.33 bits per heavy atom. The summed E-state index contributed by atoms with van der Waals surface area (Å²) in [5.74, 6) is 0.597. The molecule has 0 spiro atoms. The van der Waals surface area contributed by atoms with Crippen molar-refractivity contribution in [1.82, 2.24) is 0 Å². The van der Waals surface area contributed by atoms with E-state index in [0.717, 1.165) is 12.1 Å². The van der Waals surface area contributed by atoms with Crippen LogP contribution in [-0.4, -0.2) is 17.8 Å². The lowest BCUT2D eigenvalue weighted by Crippen LogP contribution is -2.25. The summed E-state index contributed by atoms with van der Waals surface area (Å²) >= 11 is 0. The topological polar surface area (TPSA) is 32.3 Å². The van der Waals surface area contributed by atoms with E-state index in [-0.39, 0.29) is 12.6 Å². The number of benzene rings is 1. The SMILES string of the molecule is Cc1cccc(NC(CO)CC(C)C)c1. The molecule has 1 aromatic carbocycles. The lowest BCUT2D eigenvalue weighted by Gasteiger charge is -2.19. The maximum Gasteiger partial charge on any atom is 0.0632 e. The highest BCUT2D eigenvalue weighted by Gasteiger charge is 2.09. The molecule has 0 fully saturated rings. The van der Waals surface area contributed by atoms with Crippen LogP contribution in [0, 0.1) is 12.8 Å². The molecule has 2 nitrogen and oxygen atoms in total. The summed E-state index contributed by atoms with van der Waals surface area (Å²) in [7, 11) is 0. The van der Waals surface area contributed by atoms with Gasteiger partial charge < -0.3 is 10.4 Å². The highest BCUT2D eigenvalue weighted by Crippen LogP contribution is 2.14. The second-order valence-electron chi connectivity index (χ2n) is 4.52. The Morgan fingerprint density at radius 3 is 2.60 bits per heavy atom. The monoisotopic (exact) mass is 207 g/mol. The number of nitrogens with one attached hydrogen (secondary N) is 1. The fraction of sp³-hybridized carbons (Fsp3) is 0.538. The first-order valence-corrected chi connectivity index (χ1v) is 5.56. The molecule has 15 heavy (non-hydrogen) atoms. The molecule has 2 N–H and O–H groups in total. The van der Waals surface area contributed by atoms with Gasteiger partial charge in [-0.3, -0.25) is 0 Å². The minimum Gasteiger partial charge on any atom is -0.394 e. The molecule has 84 valence electrons. The molecule has 0 bridgehead atoms. The van der Waals surface area contributed by atoms with Crippen molar-refractivity contribution < 1.29 is 5.11 Å². The standard InChI is InChI=1S/C13H21NO/c1-10(2)7-13(9-15)14-12-6-4-5-11(3)8-12/h4-6,8,10,13-15H,7,9H2,1-3H3.